The highest BCUT2D eigenvalue weighted by molar-refractivity contribution is 5.51. The van der Waals surface area contributed by atoms with Gasteiger partial charge in [0.1, 0.15) is 5.75 Å². The highest BCUT2D eigenvalue weighted by atomic mass is 16.5. The number of rotatable bonds is 8. The summed E-state index contributed by atoms with van der Waals surface area (Å²) in [5, 5.41) is 12.3. The number of hydrogen-bond donors (Lipinski definition) is 3. The van der Waals surface area contributed by atoms with Gasteiger partial charge in [0.2, 0.25) is 11.8 Å². The van der Waals surface area contributed by atoms with Gasteiger partial charge in [-0.05, 0) is 12.3 Å². The third-order valence-electron chi connectivity index (χ3n) is 3.75. The highest BCUT2D eigenvalue weighted by Gasteiger charge is 2.15. The Morgan fingerprint density at radius 3 is 2.56 bits per heavy atom. The van der Waals surface area contributed by atoms with E-state index in [0.29, 0.717) is 23.3 Å². The molecule has 2 aromatic heterocycles. The van der Waals surface area contributed by atoms with Gasteiger partial charge in [-0.15, -0.1) is 0 Å². The summed E-state index contributed by atoms with van der Waals surface area (Å²) in [7, 11) is 1.55. The first-order valence-corrected chi connectivity index (χ1v) is 8.20. The average Bonchev–Trinajstić information content (AvgIpc) is 2.61. The van der Waals surface area contributed by atoms with Crippen molar-refractivity contribution in [2.45, 2.75) is 39.2 Å². The van der Waals surface area contributed by atoms with Crippen LogP contribution in [0.5, 0.6) is 17.4 Å². The molecule has 2 rings (SSSR count). The average molecular weight is 347 g/mol. The summed E-state index contributed by atoms with van der Waals surface area (Å²) in [4.78, 5) is 12.6. The zero-order valence-corrected chi connectivity index (χ0v) is 15.0. The van der Waals surface area contributed by atoms with E-state index in [-0.39, 0.29) is 24.4 Å². The van der Waals surface area contributed by atoms with Gasteiger partial charge < -0.3 is 25.6 Å². The Balaban J connectivity index is 2.26. The maximum absolute atomic E-state index is 9.25. The number of aliphatic hydroxyl groups is 1. The molecule has 1 unspecified atom stereocenters. The second-order valence-electron chi connectivity index (χ2n) is 5.90. The number of nitrogens with zero attached hydrogens (tertiary/aromatic N) is 3. The monoisotopic (exact) mass is 347 g/mol. The number of aromatic nitrogens is 3. The van der Waals surface area contributed by atoms with Crippen molar-refractivity contribution in [3.8, 4) is 17.4 Å². The first-order valence-electron chi connectivity index (χ1n) is 8.20. The fourth-order valence-electron chi connectivity index (χ4n) is 2.17. The molecule has 0 fully saturated rings. The van der Waals surface area contributed by atoms with Crippen LogP contribution in [0.25, 0.3) is 0 Å². The zero-order chi connectivity index (χ0) is 18.4. The number of methoxy groups -OCH3 is 1. The van der Waals surface area contributed by atoms with Crippen LogP contribution >= 0.6 is 0 Å². The molecule has 4 N–H and O–H groups in total. The van der Waals surface area contributed by atoms with Crippen molar-refractivity contribution in [2.75, 3.05) is 24.8 Å². The van der Waals surface area contributed by atoms with Crippen LogP contribution in [0.1, 0.15) is 38.7 Å². The molecule has 8 heteroatoms. The van der Waals surface area contributed by atoms with Gasteiger partial charge in [-0.2, -0.15) is 4.98 Å². The molecule has 0 aliphatic heterocycles. The number of nitrogens with one attached hydrogen (secondary N) is 1. The molecular weight excluding hydrogens is 322 g/mol. The molecule has 0 bridgehead atoms. The maximum atomic E-state index is 9.25. The van der Waals surface area contributed by atoms with Crippen LogP contribution in [0.4, 0.5) is 11.8 Å². The van der Waals surface area contributed by atoms with Crippen LogP contribution in [-0.2, 0) is 0 Å². The van der Waals surface area contributed by atoms with Crippen molar-refractivity contribution in [1.29, 1.82) is 0 Å². The van der Waals surface area contributed by atoms with E-state index in [1.807, 2.05) is 20.8 Å². The zero-order valence-electron chi connectivity index (χ0n) is 15.0. The van der Waals surface area contributed by atoms with Gasteiger partial charge in [0.25, 0.3) is 0 Å². The van der Waals surface area contributed by atoms with E-state index in [9.17, 15) is 5.11 Å². The Morgan fingerprint density at radius 1 is 1.24 bits per heavy atom. The fourth-order valence-corrected chi connectivity index (χ4v) is 2.17. The molecule has 0 saturated heterocycles. The van der Waals surface area contributed by atoms with Crippen molar-refractivity contribution in [2.24, 2.45) is 0 Å². The predicted octanol–water partition coefficient (Wildman–Crippen LogP) is 2.56. The van der Waals surface area contributed by atoms with Gasteiger partial charge in [0.15, 0.2) is 11.6 Å². The lowest BCUT2D eigenvalue weighted by molar-refractivity contribution is 0.271. The summed E-state index contributed by atoms with van der Waals surface area (Å²) in [6, 6.07) is 1.59. The maximum Gasteiger partial charge on any atom is 0.225 e. The number of hydrogen-bond acceptors (Lipinski definition) is 8. The van der Waals surface area contributed by atoms with E-state index >= 15 is 0 Å². The van der Waals surface area contributed by atoms with Crippen LogP contribution in [-0.4, -0.2) is 39.8 Å². The lowest BCUT2D eigenvalue weighted by Gasteiger charge is -2.16. The number of nitrogens with two attached hydrogens (primary N) is 1. The van der Waals surface area contributed by atoms with E-state index in [1.165, 1.54) is 6.20 Å². The first-order chi connectivity index (χ1) is 12.0. The van der Waals surface area contributed by atoms with Gasteiger partial charge in [-0.3, -0.25) is 0 Å². The molecule has 8 nitrogen and oxygen atoms in total. The number of anilines is 2. The van der Waals surface area contributed by atoms with Crippen molar-refractivity contribution >= 4 is 11.8 Å². The summed E-state index contributed by atoms with van der Waals surface area (Å²) >= 11 is 0. The quantitative estimate of drug-likeness (QED) is 0.667. The Kier molecular flexibility index (Phi) is 6.35. The molecule has 0 aliphatic carbocycles. The van der Waals surface area contributed by atoms with Crippen LogP contribution in [0.15, 0.2) is 18.5 Å². The molecule has 25 heavy (non-hydrogen) atoms. The molecule has 0 spiro atoms. The van der Waals surface area contributed by atoms with E-state index in [0.717, 1.165) is 12.0 Å². The Hall–Kier alpha value is -2.61. The van der Waals surface area contributed by atoms with Gasteiger partial charge >= 0.3 is 0 Å². The molecule has 2 aromatic rings. The minimum Gasteiger partial charge on any atom is -0.481 e. The Labute approximate surface area is 147 Å². The lowest BCUT2D eigenvalue weighted by Crippen LogP contribution is -2.24. The van der Waals surface area contributed by atoms with Crippen molar-refractivity contribution in [3.05, 3.63) is 24.0 Å². The second kappa shape index (κ2) is 8.48. The van der Waals surface area contributed by atoms with E-state index in [1.54, 1.807) is 19.4 Å². The van der Waals surface area contributed by atoms with Crippen molar-refractivity contribution in [3.63, 3.8) is 0 Å². The van der Waals surface area contributed by atoms with Crippen molar-refractivity contribution in [1.82, 2.24) is 15.0 Å². The van der Waals surface area contributed by atoms with E-state index < -0.39 is 0 Å². The number of nitrogen functional groups attached to an aromatic ring is 1. The highest BCUT2D eigenvalue weighted by Crippen LogP contribution is 2.34. The second-order valence-corrected chi connectivity index (χ2v) is 5.90. The van der Waals surface area contributed by atoms with Crippen LogP contribution in [0.2, 0.25) is 0 Å². The smallest absolute Gasteiger partial charge is 0.225 e. The molecule has 0 saturated carbocycles. The van der Waals surface area contributed by atoms with Crippen LogP contribution in [0.3, 0.4) is 0 Å². The Morgan fingerprint density at radius 2 is 2.00 bits per heavy atom. The van der Waals surface area contributed by atoms with Gasteiger partial charge in [0, 0.05) is 17.8 Å². The topological polar surface area (TPSA) is 115 Å². The minimum atomic E-state index is -0.122. The van der Waals surface area contributed by atoms with Gasteiger partial charge in [-0.1, -0.05) is 20.8 Å². The normalized spacial score (nSPS) is 12.1. The van der Waals surface area contributed by atoms with Crippen molar-refractivity contribution < 1.29 is 14.6 Å². The van der Waals surface area contributed by atoms with Gasteiger partial charge in [0.05, 0.1) is 26.0 Å². The SMILES string of the molecule is CCC(CO)Nc1ncc(Oc2cc(OC)ncc2C(C)C)c(N)n1. The van der Waals surface area contributed by atoms with Crippen LogP contribution in [0, 0.1) is 0 Å². The number of pyridine rings is 1. The third-order valence-corrected chi connectivity index (χ3v) is 3.75. The molecule has 0 aliphatic rings. The first kappa shape index (κ1) is 18.7. The Bertz CT molecular complexity index is 705. The number of aliphatic hydroxyl groups excluding tert-OH is 1. The summed E-state index contributed by atoms with van der Waals surface area (Å²) < 4.78 is 11.1. The minimum absolute atomic E-state index is 0.00737. The summed E-state index contributed by atoms with van der Waals surface area (Å²) in [5.74, 6) is 2.16. The predicted molar refractivity (Wildman–Crippen MR) is 96.2 cm³/mol. The molecule has 1 atom stereocenters. The summed E-state index contributed by atoms with van der Waals surface area (Å²) in [5.41, 5.74) is 6.92. The van der Waals surface area contributed by atoms with E-state index in [2.05, 4.69) is 20.3 Å². The standard InChI is InChI=1S/C17H25N5O3/c1-5-11(9-23)21-17-20-8-14(16(18)22-17)25-13-6-15(24-4)19-7-12(13)10(2)3/h6-8,10-11,23H,5,9H2,1-4H3,(H3,18,20,21,22). The summed E-state index contributed by atoms with van der Waals surface area (Å²) in [6.45, 7) is 6.04. The largest absolute Gasteiger partial charge is 0.481 e. The molecule has 136 valence electrons. The third kappa shape index (κ3) is 4.69. The molecule has 0 amide bonds. The van der Waals surface area contributed by atoms with E-state index in [4.69, 9.17) is 15.2 Å². The van der Waals surface area contributed by atoms with Gasteiger partial charge in [-0.25, -0.2) is 9.97 Å². The number of ether oxygens (including phenoxy) is 2. The molecule has 2 heterocycles. The lowest BCUT2D eigenvalue weighted by atomic mass is 10.0. The molecular formula is C17H25N5O3. The van der Waals surface area contributed by atoms with Crippen LogP contribution < -0.4 is 20.5 Å². The molecule has 0 radical (unpaired) electrons. The molecule has 0 aromatic carbocycles. The summed E-state index contributed by atoms with van der Waals surface area (Å²) in [6.07, 6.45) is 3.97. The fraction of sp³-hybridized carbons (Fsp3) is 0.471.